The summed E-state index contributed by atoms with van der Waals surface area (Å²) < 4.78 is 0. The number of hydrogen-bond acceptors (Lipinski definition) is 3. The third-order valence-corrected chi connectivity index (χ3v) is 2.43. The van der Waals surface area contributed by atoms with Crippen molar-refractivity contribution in [2.45, 2.75) is 38.8 Å². The number of aromatic nitrogens is 1. The van der Waals surface area contributed by atoms with Crippen LogP contribution in [0, 0.1) is 0 Å². The van der Waals surface area contributed by atoms with E-state index in [4.69, 9.17) is 5.73 Å². The van der Waals surface area contributed by atoms with Crippen molar-refractivity contribution in [3.05, 3.63) is 30.1 Å². The van der Waals surface area contributed by atoms with Crippen LogP contribution in [0.15, 0.2) is 24.4 Å². The quantitative estimate of drug-likeness (QED) is 0.789. The molecule has 0 saturated heterocycles. The van der Waals surface area contributed by atoms with Crippen molar-refractivity contribution in [3.63, 3.8) is 0 Å². The van der Waals surface area contributed by atoms with Crippen LogP contribution in [0.3, 0.4) is 0 Å². The Morgan fingerprint density at radius 3 is 2.88 bits per heavy atom. The molecule has 0 spiro atoms. The topological polar surface area (TPSA) is 68.0 Å². The molecule has 0 bridgehead atoms. The number of rotatable bonds is 5. The highest BCUT2D eigenvalue weighted by atomic mass is 16.2. The zero-order chi connectivity index (χ0) is 12.0. The molecule has 1 heterocycles. The zero-order valence-electron chi connectivity index (χ0n) is 9.81. The largest absolute Gasteiger partial charge is 0.347 e. The molecule has 0 aliphatic rings. The number of nitrogens with one attached hydrogen (secondary N) is 1. The summed E-state index contributed by atoms with van der Waals surface area (Å²) in [6.07, 6.45) is 3.33. The van der Waals surface area contributed by atoms with Gasteiger partial charge in [0, 0.05) is 6.20 Å². The molecular formula is C12H19N3O. The molecule has 1 aromatic heterocycles. The average Bonchev–Trinajstić information content (AvgIpc) is 2.30. The normalized spacial score (nSPS) is 14.2. The number of pyridine rings is 1. The van der Waals surface area contributed by atoms with E-state index in [1.54, 1.807) is 6.20 Å². The van der Waals surface area contributed by atoms with Crippen LogP contribution in [-0.2, 0) is 4.79 Å². The van der Waals surface area contributed by atoms with E-state index in [9.17, 15) is 4.79 Å². The van der Waals surface area contributed by atoms with Gasteiger partial charge in [-0.2, -0.15) is 0 Å². The summed E-state index contributed by atoms with van der Waals surface area (Å²) in [4.78, 5) is 15.8. The fraction of sp³-hybridized carbons (Fsp3) is 0.500. The molecule has 88 valence electrons. The van der Waals surface area contributed by atoms with Gasteiger partial charge in [-0.05, 0) is 25.5 Å². The van der Waals surface area contributed by atoms with Crippen molar-refractivity contribution in [3.8, 4) is 0 Å². The molecule has 2 atom stereocenters. The van der Waals surface area contributed by atoms with Crippen LogP contribution >= 0.6 is 0 Å². The number of carbonyl (C=O) groups is 1. The van der Waals surface area contributed by atoms with E-state index in [1.165, 1.54) is 0 Å². The van der Waals surface area contributed by atoms with Gasteiger partial charge in [0.15, 0.2) is 0 Å². The highest BCUT2D eigenvalue weighted by Gasteiger charge is 2.15. The van der Waals surface area contributed by atoms with Crippen molar-refractivity contribution in [1.82, 2.24) is 10.3 Å². The SMILES string of the molecule is CCCC(N)C(=O)N[C@@H](C)c1ccccn1. The Labute approximate surface area is 96.3 Å². The fourth-order valence-electron chi connectivity index (χ4n) is 1.47. The van der Waals surface area contributed by atoms with Gasteiger partial charge >= 0.3 is 0 Å². The Kier molecular flexibility index (Phi) is 4.92. The van der Waals surface area contributed by atoms with E-state index in [0.29, 0.717) is 6.42 Å². The van der Waals surface area contributed by atoms with Gasteiger partial charge in [-0.25, -0.2) is 0 Å². The van der Waals surface area contributed by atoms with Gasteiger partial charge < -0.3 is 11.1 Å². The van der Waals surface area contributed by atoms with Gasteiger partial charge in [-0.1, -0.05) is 19.4 Å². The van der Waals surface area contributed by atoms with Crippen LogP contribution in [0.2, 0.25) is 0 Å². The lowest BCUT2D eigenvalue weighted by molar-refractivity contribution is -0.123. The smallest absolute Gasteiger partial charge is 0.237 e. The minimum absolute atomic E-state index is 0.100. The van der Waals surface area contributed by atoms with Crippen molar-refractivity contribution in [1.29, 1.82) is 0 Å². The van der Waals surface area contributed by atoms with Gasteiger partial charge in [0.05, 0.1) is 17.8 Å². The Hall–Kier alpha value is -1.42. The highest BCUT2D eigenvalue weighted by molar-refractivity contribution is 5.81. The molecule has 1 aromatic rings. The van der Waals surface area contributed by atoms with Crippen molar-refractivity contribution in [2.24, 2.45) is 5.73 Å². The monoisotopic (exact) mass is 221 g/mol. The van der Waals surface area contributed by atoms with Crippen LogP contribution in [0.4, 0.5) is 0 Å². The lowest BCUT2D eigenvalue weighted by Crippen LogP contribution is -2.41. The molecule has 1 rings (SSSR count). The van der Waals surface area contributed by atoms with Gasteiger partial charge in [0.2, 0.25) is 5.91 Å². The second-order valence-electron chi connectivity index (χ2n) is 3.88. The summed E-state index contributed by atoms with van der Waals surface area (Å²) in [6.45, 7) is 3.91. The van der Waals surface area contributed by atoms with Crippen LogP contribution in [0.25, 0.3) is 0 Å². The van der Waals surface area contributed by atoms with Gasteiger partial charge in [-0.3, -0.25) is 9.78 Å². The van der Waals surface area contributed by atoms with E-state index in [1.807, 2.05) is 32.0 Å². The molecule has 0 aliphatic heterocycles. The Balaban J connectivity index is 2.51. The number of hydrogen-bond donors (Lipinski definition) is 2. The van der Waals surface area contributed by atoms with Crippen molar-refractivity contribution >= 4 is 5.91 Å². The van der Waals surface area contributed by atoms with E-state index < -0.39 is 6.04 Å². The minimum atomic E-state index is -0.420. The van der Waals surface area contributed by atoms with Crippen molar-refractivity contribution < 1.29 is 4.79 Å². The molecule has 0 saturated carbocycles. The number of nitrogens with two attached hydrogens (primary N) is 1. The Morgan fingerprint density at radius 2 is 2.31 bits per heavy atom. The van der Waals surface area contributed by atoms with E-state index in [2.05, 4.69) is 10.3 Å². The molecule has 0 radical (unpaired) electrons. The summed E-state index contributed by atoms with van der Waals surface area (Å²) in [7, 11) is 0. The highest BCUT2D eigenvalue weighted by Crippen LogP contribution is 2.08. The maximum absolute atomic E-state index is 11.7. The summed E-state index contributed by atoms with van der Waals surface area (Å²) in [6, 6.07) is 5.11. The second kappa shape index (κ2) is 6.23. The van der Waals surface area contributed by atoms with Crippen LogP contribution in [-0.4, -0.2) is 16.9 Å². The first-order valence-corrected chi connectivity index (χ1v) is 5.62. The first-order valence-electron chi connectivity index (χ1n) is 5.62. The van der Waals surface area contributed by atoms with Gasteiger partial charge in [0.1, 0.15) is 0 Å². The molecule has 0 aromatic carbocycles. The predicted molar refractivity (Wildman–Crippen MR) is 63.7 cm³/mol. The number of carbonyl (C=O) groups excluding carboxylic acids is 1. The first-order chi connectivity index (χ1) is 7.65. The number of nitrogens with zero attached hydrogens (tertiary/aromatic N) is 1. The standard InChI is InChI=1S/C12H19N3O/c1-3-6-10(13)12(16)15-9(2)11-7-4-5-8-14-11/h4-5,7-10H,3,6,13H2,1-2H3,(H,15,16)/t9-,10?/m0/s1. The van der Waals surface area contributed by atoms with Gasteiger partial charge in [0.25, 0.3) is 0 Å². The molecule has 4 heteroatoms. The lowest BCUT2D eigenvalue weighted by Gasteiger charge is -2.16. The van der Waals surface area contributed by atoms with Gasteiger partial charge in [-0.15, -0.1) is 0 Å². The van der Waals surface area contributed by atoms with Crippen LogP contribution in [0.1, 0.15) is 38.4 Å². The third kappa shape index (κ3) is 3.62. The minimum Gasteiger partial charge on any atom is -0.347 e. The Bertz CT molecular complexity index is 326. The summed E-state index contributed by atoms with van der Waals surface area (Å²) in [5, 5.41) is 2.85. The molecule has 0 aliphatic carbocycles. The second-order valence-corrected chi connectivity index (χ2v) is 3.88. The lowest BCUT2D eigenvalue weighted by atomic mass is 10.1. The number of amides is 1. The maximum atomic E-state index is 11.7. The molecule has 4 nitrogen and oxygen atoms in total. The first kappa shape index (κ1) is 12.6. The van der Waals surface area contributed by atoms with E-state index in [0.717, 1.165) is 12.1 Å². The molecule has 1 unspecified atom stereocenters. The molecular weight excluding hydrogens is 202 g/mol. The van der Waals surface area contributed by atoms with Crippen LogP contribution in [0.5, 0.6) is 0 Å². The van der Waals surface area contributed by atoms with Crippen molar-refractivity contribution in [2.75, 3.05) is 0 Å². The zero-order valence-corrected chi connectivity index (χ0v) is 9.81. The van der Waals surface area contributed by atoms with Crippen LogP contribution < -0.4 is 11.1 Å². The third-order valence-electron chi connectivity index (χ3n) is 2.43. The maximum Gasteiger partial charge on any atom is 0.237 e. The summed E-state index contributed by atoms with van der Waals surface area (Å²) >= 11 is 0. The van der Waals surface area contributed by atoms with E-state index >= 15 is 0 Å². The van der Waals surface area contributed by atoms with E-state index in [-0.39, 0.29) is 11.9 Å². The fourth-order valence-corrected chi connectivity index (χ4v) is 1.47. The predicted octanol–water partition coefficient (Wildman–Crippen LogP) is 1.39. The average molecular weight is 221 g/mol. The summed E-state index contributed by atoms with van der Waals surface area (Å²) in [5.74, 6) is -0.111. The molecule has 16 heavy (non-hydrogen) atoms. The molecule has 1 amide bonds. The molecule has 0 fully saturated rings. The Morgan fingerprint density at radius 1 is 1.56 bits per heavy atom. The molecule has 3 N–H and O–H groups in total. The summed E-state index contributed by atoms with van der Waals surface area (Å²) in [5.41, 5.74) is 6.57.